The summed E-state index contributed by atoms with van der Waals surface area (Å²) < 4.78 is 5.05. The maximum absolute atomic E-state index is 10.7. The third-order valence-corrected chi connectivity index (χ3v) is 2.04. The predicted octanol–water partition coefficient (Wildman–Crippen LogP) is -1.02. The minimum absolute atomic E-state index is 0.185. The van der Waals surface area contributed by atoms with Crippen LogP contribution in [0.1, 0.15) is 20.3 Å². The van der Waals surface area contributed by atoms with Gasteiger partial charge in [-0.25, -0.2) is 0 Å². The SMILES string of the molecule is CC(=O)N[C@H]1[C@H](O)O[C@H](C)C[C@@H]1O. The van der Waals surface area contributed by atoms with Gasteiger partial charge in [-0.05, 0) is 6.92 Å². The molecular weight excluding hydrogens is 174 g/mol. The van der Waals surface area contributed by atoms with Gasteiger partial charge in [0, 0.05) is 13.3 Å². The first-order chi connectivity index (χ1) is 6.00. The van der Waals surface area contributed by atoms with Crippen LogP contribution in [0.3, 0.4) is 0 Å². The van der Waals surface area contributed by atoms with Crippen molar-refractivity contribution < 1.29 is 19.7 Å². The Kier molecular flexibility index (Phi) is 3.24. The topological polar surface area (TPSA) is 78.8 Å². The van der Waals surface area contributed by atoms with Crippen molar-refractivity contribution in [3.05, 3.63) is 0 Å². The van der Waals surface area contributed by atoms with Gasteiger partial charge < -0.3 is 20.3 Å². The van der Waals surface area contributed by atoms with Gasteiger partial charge in [0.25, 0.3) is 0 Å². The molecule has 1 fully saturated rings. The molecule has 5 nitrogen and oxygen atoms in total. The molecular formula is C8H15NO4. The highest BCUT2D eigenvalue weighted by molar-refractivity contribution is 5.73. The molecule has 0 aromatic carbocycles. The Morgan fingerprint density at radius 2 is 2.15 bits per heavy atom. The Hall–Kier alpha value is -0.650. The van der Waals surface area contributed by atoms with E-state index in [9.17, 15) is 15.0 Å². The molecule has 1 aliphatic heterocycles. The molecule has 1 amide bonds. The number of ether oxygens (including phenoxy) is 1. The number of carbonyl (C=O) groups is 1. The number of hydrogen-bond acceptors (Lipinski definition) is 4. The van der Waals surface area contributed by atoms with E-state index < -0.39 is 18.4 Å². The average molecular weight is 189 g/mol. The van der Waals surface area contributed by atoms with Gasteiger partial charge in [0.1, 0.15) is 6.04 Å². The lowest BCUT2D eigenvalue weighted by Gasteiger charge is -2.35. The summed E-state index contributed by atoms with van der Waals surface area (Å²) in [5.74, 6) is -0.291. The largest absolute Gasteiger partial charge is 0.391 e. The Bertz CT molecular complexity index is 185. The van der Waals surface area contributed by atoms with Gasteiger partial charge in [-0.2, -0.15) is 0 Å². The number of hydrogen-bond donors (Lipinski definition) is 3. The third-order valence-electron chi connectivity index (χ3n) is 2.04. The van der Waals surface area contributed by atoms with E-state index in [0.29, 0.717) is 6.42 Å². The zero-order chi connectivity index (χ0) is 10.0. The van der Waals surface area contributed by atoms with E-state index in [-0.39, 0.29) is 12.0 Å². The highest BCUT2D eigenvalue weighted by Crippen LogP contribution is 2.18. The fourth-order valence-electron chi connectivity index (χ4n) is 1.46. The van der Waals surface area contributed by atoms with Crippen molar-refractivity contribution in [1.29, 1.82) is 0 Å². The number of aliphatic hydroxyl groups is 2. The smallest absolute Gasteiger partial charge is 0.217 e. The monoisotopic (exact) mass is 189 g/mol. The summed E-state index contributed by atoms with van der Waals surface area (Å²) in [6.45, 7) is 3.09. The van der Waals surface area contributed by atoms with Gasteiger partial charge in [-0.1, -0.05) is 0 Å². The molecule has 1 heterocycles. The first-order valence-electron chi connectivity index (χ1n) is 4.29. The Morgan fingerprint density at radius 1 is 1.54 bits per heavy atom. The number of aliphatic hydroxyl groups excluding tert-OH is 2. The van der Waals surface area contributed by atoms with Crippen LogP contribution >= 0.6 is 0 Å². The van der Waals surface area contributed by atoms with Gasteiger partial charge >= 0.3 is 0 Å². The van der Waals surface area contributed by atoms with Crippen molar-refractivity contribution in [2.45, 2.75) is 44.8 Å². The minimum Gasteiger partial charge on any atom is -0.391 e. The second-order valence-corrected chi connectivity index (χ2v) is 3.37. The van der Waals surface area contributed by atoms with Crippen LogP contribution in [0.4, 0.5) is 0 Å². The molecule has 0 radical (unpaired) electrons. The Labute approximate surface area is 76.7 Å². The summed E-state index contributed by atoms with van der Waals surface area (Å²) in [5.41, 5.74) is 0. The van der Waals surface area contributed by atoms with Crippen LogP contribution in [0.15, 0.2) is 0 Å². The van der Waals surface area contributed by atoms with E-state index in [1.165, 1.54) is 6.92 Å². The van der Waals surface area contributed by atoms with Crippen LogP contribution < -0.4 is 5.32 Å². The standard InChI is InChI=1S/C8H15NO4/c1-4-3-6(11)7(8(12)13-4)9-5(2)10/h4,6-8,11-12H,3H2,1-2H3,(H,9,10)/t4-,6+,7-,8-/m1/s1. The molecule has 5 heteroatoms. The number of rotatable bonds is 1. The van der Waals surface area contributed by atoms with Crippen LogP contribution in [0.5, 0.6) is 0 Å². The second kappa shape index (κ2) is 4.04. The van der Waals surface area contributed by atoms with Crippen molar-refractivity contribution in [3.63, 3.8) is 0 Å². The van der Waals surface area contributed by atoms with Gasteiger partial charge in [0.2, 0.25) is 5.91 Å². The van der Waals surface area contributed by atoms with Crippen molar-refractivity contribution >= 4 is 5.91 Å². The zero-order valence-corrected chi connectivity index (χ0v) is 7.73. The van der Waals surface area contributed by atoms with Crippen molar-refractivity contribution in [2.75, 3.05) is 0 Å². The minimum atomic E-state index is -1.12. The van der Waals surface area contributed by atoms with E-state index in [1.807, 2.05) is 0 Å². The van der Waals surface area contributed by atoms with Crippen LogP contribution in [0.2, 0.25) is 0 Å². The van der Waals surface area contributed by atoms with Gasteiger partial charge in [0.05, 0.1) is 12.2 Å². The third kappa shape index (κ3) is 2.65. The van der Waals surface area contributed by atoms with Gasteiger partial charge in [0.15, 0.2) is 6.29 Å². The first-order valence-corrected chi connectivity index (χ1v) is 4.29. The Balaban J connectivity index is 2.56. The molecule has 1 aliphatic rings. The molecule has 0 spiro atoms. The number of nitrogens with one attached hydrogen (secondary N) is 1. The summed E-state index contributed by atoms with van der Waals surface area (Å²) in [7, 11) is 0. The van der Waals surface area contributed by atoms with E-state index >= 15 is 0 Å². The zero-order valence-electron chi connectivity index (χ0n) is 7.73. The van der Waals surface area contributed by atoms with E-state index in [0.717, 1.165) is 0 Å². The molecule has 0 aromatic heterocycles. The van der Waals surface area contributed by atoms with E-state index in [4.69, 9.17) is 4.74 Å². The molecule has 1 rings (SSSR count). The lowest BCUT2D eigenvalue weighted by atomic mass is 10.0. The molecule has 0 aliphatic carbocycles. The maximum Gasteiger partial charge on any atom is 0.217 e. The van der Waals surface area contributed by atoms with Crippen molar-refractivity contribution in [3.8, 4) is 0 Å². The van der Waals surface area contributed by atoms with Crippen LogP contribution in [0, 0.1) is 0 Å². The molecule has 0 aromatic rings. The highest BCUT2D eigenvalue weighted by atomic mass is 16.6. The lowest BCUT2D eigenvalue weighted by Crippen LogP contribution is -2.56. The summed E-state index contributed by atoms with van der Waals surface area (Å²) in [4.78, 5) is 10.7. The van der Waals surface area contributed by atoms with Crippen molar-refractivity contribution in [1.82, 2.24) is 5.32 Å². The van der Waals surface area contributed by atoms with Crippen LogP contribution in [0.25, 0.3) is 0 Å². The van der Waals surface area contributed by atoms with Crippen molar-refractivity contribution in [2.24, 2.45) is 0 Å². The molecule has 1 saturated heterocycles. The highest BCUT2D eigenvalue weighted by Gasteiger charge is 2.35. The normalized spacial score (nSPS) is 40.0. The molecule has 76 valence electrons. The first kappa shape index (κ1) is 10.4. The lowest BCUT2D eigenvalue weighted by molar-refractivity contribution is -0.202. The maximum atomic E-state index is 10.7. The number of carbonyl (C=O) groups excluding carboxylic acids is 1. The summed E-state index contributed by atoms with van der Waals surface area (Å²) in [5, 5.41) is 21.3. The second-order valence-electron chi connectivity index (χ2n) is 3.37. The fourth-order valence-corrected chi connectivity index (χ4v) is 1.46. The molecule has 3 N–H and O–H groups in total. The fraction of sp³-hybridized carbons (Fsp3) is 0.875. The van der Waals surface area contributed by atoms with E-state index in [1.54, 1.807) is 6.92 Å². The molecule has 0 unspecified atom stereocenters. The quantitative estimate of drug-likeness (QED) is 0.493. The molecule has 0 bridgehead atoms. The van der Waals surface area contributed by atoms with Crippen LogP contribution in [-0.4, -0.2) is 40.7 Å². The Morgan fingerprint density at radius 3 is 2.62 bits per heavy atom. The predicted molar refractivity (Wildman–Crippen MR) is 44.8 cm³/mol. The van der Waals surface area contributed by atoms with Crippen LogP contribution in [-0.2, 0) is 9.53 Å². The molecule has 13 heavy (non-hydrogen) atoms. The van der Waals surface area contributed by atoms with E-state index in [2.05, 4.69) is 5.32 Å². The molecule has 0 saturated carbocycles. The molecule has 4 atom stereocenters. The van der Waals surface area contributed by atoms with Gasteiger partial charge in [-0.3, -0.25) is 4.79 Å². The average Bonchev–Trinajstić information content (AvgIpc) is 1.96. The number of amides is 1. The van der Waals surface area contributed by atoms with Gasteiger partial charge in [-0.15, -0.1) is 0 Å². The summed E-state index contributed by atoms with van der Waals surface area (Å²) >= 11 is 0. The summed E-state index contributed by atoms with van der Waals surface area (Å²) in [6.07, 6.45) is -1.64. The summed E-state index contributed by atoms with van der Waals surface area (Å²) in [6, 6.07) is -0.714.